The number of nitrogens with two attached hydrogens (primary N) is 2. The molecule has 0 amide bonds. The Kier molecular flexibility index (Phi) is 7.74. The molecule has 0 aromatic heterocycles. The second-order valence-corrected chi connectivity index (χ2v) is 15.3. The lowest BCUT2D eigenvalue weighted by Crippen LogP contribution is -2.42. The molecule has 0 aliphatic rings. The molecule has 0 saturated heterocycles. The number of phenolic OH excluding ortho intramolecular Hbond substituents is 2. The van der Waals surface area contributed by atoms with E-state index in [1.807, 2.05) is 13.0 Å². The Bertz CT molecular complexity index is 1080. The molecule has 1 unspecified atom stereocenters. The first-order valence-electron chi connectivity index (χ1n) is 13.2. The topological polar surface area (TPSA) is 92.5 Å². The summed E-state index contributed by atoms with van der Waals surface area (Å²) in [6.07, 6.45) is 1.14. The molecule has 0 aliphatic heterocycles. The number of hydrogen-bond acceptors (Lipinski definition) is 4. The van der Waals surface area contributed by atoms with Gasteiger partial charge < -0.3 is 21.7 Å². The monoisotopic (exact) mass is 496 g/mol. The molecule has 0 spiro atoms. The Balaban J connectivity index is 2.65. The van der Waals surface area contributed by atoms with E-state index < -0.39 is 5.54 Å². The number of hydrogen-bond donors (Lipinski definition) is 4. The Hall–Kier alpha value is -2.20. The van der Waals surface area contributed by atoms with Crippen LogP contribution < -0.4 is 11.5 Å². The fraction of sp³-hybridized carbons (Fsp3) is 0.625. The zero-order valence-electron chi connectivity index (χ0n) is 25.2. The quantitative estimate of drug-likeness (QED) is 0.262. The van der Waals surface area contributed by atoms with Gasteiger partial charge in [0, 0.05) is 22.4 Å². The molecule has 4 heteroatoms. The average molecular weight is 497 g/mol. The van der Waals surface area contributed by atoms with Gasteiger partial charge >= 0.3 is 0 Å². The molecule has 36 heavy (non-hydrogen) atoms. The molecule has 0 radical (unpaired) electrons. The number of rotatable bonds is 4. The van der Waals surface area contributed by atoms with Crippen molar-refractivity contribution in [3.8, 4) is 11.5 Å². The molecule has 4 nitrogen and oxygen atoms in total. The van der Waals surface area contributed by atoms with Gasteiger partial charge in [-0.15, -0.1) is 0 Å². The van der Waals surface area contributed by atoms with Crippen LogP contribution >= 0.6 is 0 Å². The lowest BCUT2D eigenvalue weighted by atomic mass is 9.73. The van der Waals surface area contributed by atoms with Crippen LogP contribution in [0.1, 0.15) is 123 Å². The van der Waals surface area contributed by atoms with Gasteiger partial charge in [-0.1, -0.05) is 95.2 Å². The third-order valence-electron chi connectivity index (χ3n) is 6.97. The summed E-state index contributed by atoms with van der Waals surface area (Å²) < 4.78 is 0. The van der Waals surface area contributed by atoms with Gasteiger partial charge in [-0.3, -0.25) is 0 Å². The van der Waals surface area contributed by atoms with Crippen molar-refractivity contribution in [2.75, 3.05) is 5.73 Å². The van der Waals surface area contributed by atoms with Crippen molar-refractivity contribution in [1.29, 1.82) is 0 Å². The SMILES string of the molecule is CC(N)(Cc1cc(C(C)(C)C)c(O)c(C(C)(C)C)c1)Cc1c(N)cc(C(C)(C)C)c(O)c1C(C)(C)C. The van der Waals surface area contributed by atoms with E-state index in [-0.39, 0.29) is 21.7 Å². The first kappa shape index (κ1) is 30.0. The molecule has 6 N–H and O–H groups in total. The summed E-state index contributed by atoms with van der Waals surface area (Å²) in [6.45, 7) is 27.4. The molecule has 202 valence electrons. The van der Waals surface area contributed by atoms with E-state index in [9.17, 15) is 10.2 Å². The van der Waals surface area contributed by atoms with Crippen LogP contribution in [0.25, 0.3) is 0 Å². The molecule has 2 aromatic carbocycles. The summed E-state index contributed by atoms with van der Waals surface area (Å²) >= 11 is 0. The molecule has 0 heterocycles. The third-order valence-corrected chi connectivity index (χ3v) is 6.97. The van der Waals surface area contributed by atoms with Crippen LogP contribution in [-0.2, 0) is 34.5 Å². The Morgan fingerprint density at radius 1 is 0.583 bits per heavy atom. The summed E-state index contributed by atoms with van der Waals surface area (Å²) in [5.41, 5.74) is 18.4. The Morgan fingerprint density at radius 3 is 1.33 bits per heavy atom. The highest BCUT2D eigenvalue weighted by Gasteiger charge is 2.34. The summed E-state index contributed by atoms with van der Waals surface area (Å²) in [5.74, 6) is 0.698. The van der Waals surface area contributed by atoms with Crippen molar-refractivity contribution in [3.63, 3.8) is 0 Å². The van der Waals surface area contributed by atoms with E-state index in [0.717, 1.165) is 33.4 Å². The molecule has 0 saturated carbocycles. The smallest absolute Gasteiger partial charge is 0.123 e. The summed E-state index contributed by atoms with van der Waals surface area (Å²) in [4.78, 5) is 0. The molecule has 2 rings (SSSR count). The van der Waals surface area contributed by atoms with Crippen molar-refractivity contribution in [3.05, 3.63) is 51.6 Å². The lowest BCUT2D eigenvalue weighted by molar-refractivity contribution is 0.410. The standard InChI is InChI=1S/C32H52N2O2/c1-28(2,3)21-14-19(15-22(26(21)35)29(4,5)6)17-32(13,34)18-20-24(33)16-23(30(7,8)9)27(36)25(20)31(10,11)12/h14-16,35-36H,17-18,33-34H2,1-13H3. The third kappa shape index (κ3) is 6.56. The van der Waals surface area contributed by atoms with Crippen LogP contribution in [0.5, 0.6) is 11.5 Å². The molecule has 1 atom stereocenters. The van der Waals surface area contributed by atoms with Crippen LogP contribution in [0.4, 0.5) is 5.69 Å². The molecular formula is C32H52N2O2. The van der Waals surface area contributed by atoms with E-state index in [1.54, 1.807) is 0 Å². The first-order valence-corrected chi connectivity index (χ1v) is 13.2. The van der Waals surface area contributed by atoms with E-state index in [1.165, 1.54) is 0 Å². The molecule has 0 fully saturated rings. The minimum Gasteiger partial charge on any atom is -0.507 e. The van der Waals surface area contributed by atoms with Crippen LogP contribution in [0.15, 0.2) is 18.2 Å². The zero-order chi connectivity index (χ0) is 28.2. The highest BCUT2D eigenvalue weighted by Crippen LogP contribution is 2.45. The van der Waals surface area contributed by atoms with Gasteiger partial charge in [-0.25, -0.2) is 0 Å². The normalized spacial score (nSPS) is 15.2. The number of phenols is 2. The van der Waals surface area contributed by atoms with E-state index in [4.69, 9.17) is 11.5 Å². The number of aromatic hydroxyl groups is 2. The molecule has 2 aromatic rings. The van der Waals surface area contributed by atoms with Crippen LogP contribution in [0.2, 0.25) is 0 Å². The number of benzene rings is 2. The maximum Gasteiger partial charge on any atom is 0.123 e. The van der Waals surface area contributed by atoms with Crippen molar-refractivity contribution in [2.45, 2.75) is 130 Å². The van der Waals surface area contributed by atoms with Crippen LogP contribution in [-0.4, -0.2) is 15.8 Å². The van der Waals surface area contributed by atoms with E-state index in [0.29, 0.717) is 30.0 Å². The van der Waals surface area contributed by atoms with Gasteiger partial charge in [0.05, 0.1) is 0 Å². The van der Waals surface area contributed by atoms with Gasteiger partial charge in [0.25, 0.3) is 0 Å². The second kappa shape index (κ2) is 9.28. The highest BCUT2D eigenvalue weighted by molar-refractivity contribution is 5.64. The minimum absolute atomic E-state index is 0.205. The molecule has 0 bridgehead atoms. The van der Waals surface area contributed by atoms with Crippen LogP contribution in [0.3, 0.4) is 0 Å². The zero-order valence-corrected chi connectivity index (χ0v) is 25.2. The minimum atomic E-state index is -0.620. The maximum atomic E-state index is 11.4. The first-order chi connectivity index (χ1) is 15.9. The fourth-order valence-electron chi connectivity index (χ4n) is 5.18. The molecular weight excluding hydrogens is 444 g/mol. The van der Waals surface area contributed by atoms with Crippen molar-refractivity contribution >= 4 is 5.69 Å². The van der Waals surface area contributed by atoms with Crippen molar-refractivity contribution in [1.82, 2.24) is 0 Å². The predicted octanol–water partition coefficient (Wildman–Crippen LogP) is 7.37. The summed E-state index contributed by atoms with van der Waals surface area (Å²) in [7, 11) is 0. The van der Waals surface area contributed by atoms with Gasteiger partial charge in [0.15, 0.2) is 0 Å². The van der Waals surface area contributed by atoms with Gasteiger partial charge in [0.1, 0.15) is 11.5 Å². The largest absolute Gasteiger partial charge is 0.507 e. The Labute approximate surface area is 220 Å². The number of nitrogen functional groups attached to an aromatic ring is 1. The van der Waals surface area contributed by atoms with Crippen LogP contribution in [0, 0.1) is 0 Å². The Morgan fingerprint density at radius 2 is 0.972 bits per heavy atom. The number of anilines is 1. The average Bonchev–Trinajstić information content (AvgIpc) is 2.61. The summed E-state index contributed by atoms with van der Waals surface area (Å²) in [5, 5.41) is 22.5. The van der Waals surface area contributed by atoms with E-state index in [2.05, 4.69) is 95.2 Å². The lowest BCUT2D eigenvalue weighted by Gasteiger charge is -2.34. The molecule has 0 aliphatic carbocycles. The maximum absolute atomic E-state index is 11.4. The fourth-order valence-corrected chi connectivity index (χ4v) is 5.18. The van der Waals surface area contributed by atoms with Gasteiger partial charge in [-0.05, 0) is 69.7 Å². The highest BCUT2D eigenvalue weighted by atomic mass is 16.3. The van der Waals surface area contributed by atoms with Crippen molar-refractivity contribution in [2.24, 2.45) is 5.73 Å². The van der Waals surface area contributed by atoms with Gasteiger partial charge in [-0.2, -0.15) is 0 Å². The second-order valence-electron chi connectivity index (χ2n) is 15.3. The summed E-state index contributed by atoms with van der Waals surface area (Å²) in [6, 6.07) is 6.12. The predicted molar refractivity (Wildman–Crippen MR) is 155 cm³/mol. The van der Waals surface area contributed by atoms with Crippen molar-refractivity contribution < 1.29 is 10.2 Å². The van der Waals surface area contributed by atoms with E-state index >= 15 is 0 Å². The van der Waals surface area contributed by atoms with Gasteiger partial charge in [0.2, 0.25) is 0 Å².